The Kier molecular flexibility index (Phi) is 6.49. The van der Waals surface area contributed by atoms with E-state index >= 15 is 0 Å². The molecule has 29 heavy (non-hydrogen) atoms. The largest absolute Gasteiger partial charge is 0.496 e. The lowest BCUT2D eigenvalue weighted by atomic mass is 10.0. The fourth-order valence-corrected chi connectivity index (χ4v) is 2.92. The molecule has 1 heterocycles. The number of nitrogens with one attached hydrogen (secondary N) is 1. The van der Waals surface area contributed by atoms with Gasteiger partial charge in [0, 0.05) is 11.1 Å². The molecular formula is C22H25N3O4. The number of methoxy groups -OCH3 is 1. The third-order valence-electron chi connectivity index (χ3n) is 4.51. The van der Waals surface area contributed by atoms with E-state index < -0.39 is 5.97 Å². The third kappa shape index (κ3) is 4.74. The number of nitrogens with zero attached hydrogens (tertiary/aromatic N) is 2. The van der Waals surface area contributed by atoms with E-state index in [4.69, 9.17) is 14.2 Å². The number of aromatic amines is 1. The molecule has 3 rings (SSSR count). The molecule has 3 aromatic rings. The number of carbonyl (C=O) groups excluding carboxylic acids is 1. The minimum atomic E-state index is -0.518. The molecule has 0 fully saturated rings. The second kappa shape index (κ2) is 9.23. The van der Waals surface area contributed by atoms with E-state index in [9.17, 15) is 4.79 Å². The number of esters is 1. The number of benzene rings is 2. The van der Waals surface area contributed by atoms with Gasteiger partial charge in [-0.15, -0.1) is 5.10 Å². The van der Waals surface area contributed by atoms with Gasteiger partial charge in [0.2, 0.25) is 0 Å². The molecule has 0 saturated heterocycles. The van der Waals surface area contributed by atoms with Crippen LogP contribution < -0.4 is 9.47 Å². The maximum Gasteiger partial charge on any atom is 0.361 e. The maximum atomic E-state index is 12.1. The maximum absolute atomic E-state index is 12.1. The van der Waals surface area contributed by atoms with Gasteiger partial charge in [0.25, 0.3) is 0 Å². The topological polar surface area (TPSA) is 86.3 Å². The summed E-state index contributed by atoms with van der Waals surface area (Å²) in [5, 5.41) is 10.5. The van der Waals surface area contributed by atoms with Crippen molar-refractivity contribution in [2.45, 2.75) is 33.3 Å². The highest BCUT2D eigenvalue weighted by molar-refractivity contribution is 5.94. The van der Waals surface area contributed by atoms with Crippen LogP contribution in [0, 0.1) is 0 Å². The molecular weight excluding hydrogens is 370 g/mol. The molecule has 0 aliphatic rings. The molecule has 0 amide bonds. The van der Waals surface area contributed by atoms with Gasteiger partial charge in [0.15, 0.2) is 5.69 Å². The number of hydrogen-bond acceptors (Lipinski definition) is 6. The van der Waals surface area contributed by atoms with E-state index in [0.717, 1.165) is 16.9 Å². The molecule has 2 aromatic carbocycles. The monoisotopic (exact) mass is 395 g/mol. The smallest absolute Gasteiger partial charge is 0.361 e. The molecule has 0 saturated carbocycles. The van der Waals surface area contributed by atoms with Crippen LogP contribution in [0.4, 0.5) is 0 Å². The minimum absolute atomic E-state index is 0.146. The lowest BCUT2D eigenvalue weighted by molar-refractivity contribution is 0.0520. The Morgan fingerprint density at radius 1 is 1.10 bits per heavy atom. The van der Waals surface area contributed by atoms with Crippen LogP contribution in [0.1, 0.15) is 48.3 Å². The van der Waals surface area contributed by atoms with E-state index in [2.05, 4.69) is 41.4 Å². The van der Waals surface area contributed by atoms with Gasteiger partial charge in [-0.3, -0.25) is 0 Å². The van der Waals surface area contributed by atoms with Crippen molar-refractivity contribution in [3.8, 4) is 22.8 Å². The fourth-order valence-electron chi connectivity index (χ4n) is 2.92. The lowest BCUT2D eigenvalue weighted by Crippen LogP contribution is -2.07. The van der Waals surface area contributed by atoms with Crippen LogP contribution in [0.25, 0.3) is 11.3 Å². The first-order valence-electron chi connectivity index (χ1n) is 9.51. The predicted octanol–water partition coefficient (Wildman–Crippen LogP) is 4.36. The number of aromatic nitrogens is 3. The molecule has 0 atom stereocenters. The molecule has 1 aromatic heterocycles. The van der Waals surface area contributed by atoms with Crippen molar-refractivity contribution in [1.82, 2.24) is 15.4 Å². The summed E-state index contributed by atoms with van der Waals surface area (Å²) in [6.07, 6.45) is 0. The molecule has 1 N–H and O–H groups in total. The number of ether oxygens (including phenoxy) is 3. The van der Waals surface area contributed by atoms with Crippen molar-refractivity contribution in [2.24, 2.45) is 0 Å². The molecule has 152 valence electrons. The van der Waals surface area contributed by atoms with Crippen molar-refractivity contribution in [3.63, 3.8) is 0 Å². The normalized spacial score (nSPS) is 10.8. The average Bonchev–Trinajstić information content (AvgIpc) is 3.22. The lowest BCUT2D eigenvalue weighted by Gasteiger charge is -2.13. The SMILES string of the molecule is CCOC(=O)c1n[nH]nc1-c1ccc(OC)c(COc2ccc(C(C)C)cc2)c1. The summed E-state index contributed by atoms with van der Waals surface area (Å²) in [5.41, 5.74) is 3.38. The van der Waals surface area contributed by atoms with Gasteiger partial charge in [-0.05, 0) is 48.7 Å². The summed E-state index contributed by atoms with van der Waals surface area (Å²) in [6.45, 7) is 6.63. The number of hydrogen-bond donors (Lipinski definition) is 1. The quantitative estimate of drug-likeness (QED) is 0.570. The van der Waals surface area contributed by atoms with Gasteiger partial charge in [0.05, 0.1) is 13.7 Å². The van der Waals surface area contributed by atoms with Crippen LogP contribution in [-0.2, 0) is 11.3 Å². The number of H-pyrrole nitrogens is 1. The second-order valence-corrected chi connectivity index (χ2v) is 6.78. The van der Waals surface area contributed by atoms with Gasteiger partial charge < -0.3 is 14.2 Å². The van der Waals surface area contributed by atoms with Gasteiger partial charge in [-0.2, -0.15) is 10.3 Å². The summed E-state index contributed by atoms with van der Waals surface area (Å²) >= 11 is 0. The first kappa shape index (κ1) is 20.4. The molecule has 0 unspecified atom stereocenters. The van der Waals surface area contributed by atoms with Crippen molar-refractivity contribution in [1.29, 1.82) is 0 Å². The Labute approximate surface area is 170 Å². The highest BCUT2D eigenvalue weighted by atomic mass is 16.5. The summed E-state index contributed by atoms with van der Waals surface area (Å²) in [7, 11) is 1.61. The molecule has 0 radical (unpaired) electrons. The summed E-state index contributed by atoms with van der Waals surface area (Å²) in [6, 6.07) is 13.6. The van der Waals surface area contributed by atoms with Crippen LogP contribution in [0.2, 0.25) is 0 Å². The zero-order valence-electron chi connectivity index (χ0n) is 17.1. The Morgan fingerprint density at radius 2 is 1.86 bits per heavy atom. The summed E-state index contributed by atoms with van der Waals surface area (Å²) < 4.78 is 16.4. The number of carbonyl (C=O) groups is 1. The first-order valence-corrected chi connectivity index (χ1v) is 9.51. The predicted molar refractivity (Wildman–Crippen MR) is 109 cm³/mol. The van der Waals surface area contributed by atoms with Crippen molar-refractivity contribution in [2.75, 3.05) is 13.7 Å². The molecule has 7 nitrogen and oxygen atoms in total. The van der Waals surface area contributed by atoms with E-state index in [0.29, 0.717) is 24.0 Å². The van der Waals surface area contributed by atoms with Crippen LogP contribution in [0.3, 0.4) is 0 Å². The molecule has 7 heteroatoms. The van der Waals surface area contributed by atoms with Crippen molar-refractivity contribution < 1.29 is 19.0 Å². The van der Waals surface area contributed by atoms with Crippen LogP contribution in [0.15, 0.2) is 42.5 Å². The Hall–Kier alpha value is -3.35. The second-order valence-electron chi connectivity index (χ2n) is 6.78. The average molecular weight is 395 g/mol. The molecule has 0 aliphatic carbocycles. The standard InChI is InChI=1S/C22H25N3O4/c1-5-28-22(26)21-20(23-25-24-21)16-8-11-19(27-4)17(12-16)13-29-18-9-6-15(7-10-18)14(2)3/h6-12,14H,5,13H2,1-4H3,(H,23,24,25). The highest BCUT2D eigenvalue weighted by Gasteiger charge is 2.20. The number of rotatable bonds is 8. The highest BCUT2D eigenvalue weighted by Crippen LogP contribution is 2.28. The van der Waals surface area contributed by atoms with E-state index in [-0.39, 0.29) is 12.3 Å². The summed E-state index contributed by atoms with van der Waals surface area (Å²) in [4.78, 5) is 12.1. The van der Waals surface area contributed by atoms with Gasteiger partial charge in [-0.25, -0.2) is 4.79 Å². The van der Waals surface area contributed by atoms with Gasteiger partial charge in [-0.1, -0.05) is 26.0 Å². The zero-order valence-corrected chi connectivity index (χ0v) is 17.1. The Morgan fingerprint density at radius 3 is 2.52 bits per heavy atom. The molecule has 0 bridgehead atoms. The van der Waals surface area contributed by atoms with Crippen LogP contribution >= 0.6 is 0 Å². The molecule has 0 spiro atoms. The van der Waals surface area contributed by atoms with Gasteiger partial charge >= 0.3 is 5.97 Å². The minimum Gasteiger partial charge on any atom is -0.496 e. The van der Waals surface area contributed by atoms with E-state index in [1.807, 2.05) is 30.3 Å². The van der Waals surface area contributed by atoms with Crippen molar-refractivity contribution in [3.05, 3.63) is 59.3 Å². The zero-order chi connectivity index (χ0) is 20.8. The van der Waals surface area contributed by atoms with Gasteiger partial charge in [0.1, 0.15) is 23.8 Å². The van der Waals surface area contributed by atoms with Crippen LogP contribution in [0.5, 0.6) is 11.5 Å². The van der Waals surface area contributed by atoms with Crippen LogP contribution in [-0.4, -0.2) is 35.1 Å². The Bertz CT molecular complexity index is 964. The van der Waals surface area contributed by atoms with E-state index in [1.54, 1.807) is 14.0 Å². The third-order valence-corrected chi connectivity index (χ3v) is 4.51. The molecule has 0 aliphatic heterocycles. The van der Waals surface area contributed by atoms with Crippen molar-refractivity contribution >= 4 is 5.97 Å². The van der Waals surface area contributed by atoms with E-state index in [1.165, 1.54) is 5.56 Å². The summed E-state index contributed by atoms with van der Waals surface area (Å²) in [5.74, 6) is 1.41. The fraction of sp³-hybridized carbons (Fsp3) is 0.318. The first-order chi connectivity index (χ1) is 14.0. The Balaban J connectivity index is 1.83.